The molecule has 2 N–H and O–H groups in total. The monoisotopic (exact) mass is 346 g/mol. The smallest absolute Gasteiger partial charge is 0.240 e. The Hall–Kier alpha value is -2.15. The quantitative estimate of drug-likeness (QED) is 0.789. The highest BCUT2D eigenvalue weighted by atomic mass is 32.1. The molecule has 0 saturated carbocycles. The van der Waals surface area contributed by atoms with E-state index in [0.717, 1.165) is 30.0 Å². The molecule has 1 aromatic heterocycles. The van der Waals surface area contributed by atoms with Gasteiger partial charge in [0.15, 0.2) is 4.77 Å². The van der Waals surface area contributed by atoms with Crippen molar-refractivity contribution < 1.29 is 9.53 Å². The molecule has 2 heterocycles. The number of carbonyl (C=O) groups is 1. The zero-order valence-corrected chi connectivity index (χ0v) is 14.7. The number of rotatable bonds is 6. The van der Waals surface area contributed by atoms with Gasteiger partial charge in [0.25, 0.3) is 0 Å². The van der Waals surface area contributed by atoms with Gasteiger partial charge in [-0.05, 0) is 31.6 Å². The van der Waals surface area contributed by atoms with E-state index in [4.69, 9.17) is 17.0 Å². The maximum atomic E-state index is 12.4. The van der Waals surface area contributed by atoms with Gasteiger partial charge in [-0.3, -0.25) is 14.5 Å². The van der Waals surface area contributed by atoms with E-state index in [2.05, 4.69) is 28.5 Å². The Morgan fingerprint density at radius 2 is 2.33 bits per heavy atom. The van der Waals surface area contributed by atoms with Crippen molar-refractivity contribution in [3.8, 4) is 5.75 Å². The van der Waals surface area contributed by atoms with Crippen molar-refractivity contribution in [2.24, 2.45) is 0 Å². The molecule has 0 aliphatic carbocycles. The third-order valence-electron chi connectivity index (χ3n) is 4.34. The van der Waals surface area contributed by atoms with Crippen molar-refractivity contribution in [2.75, 3.05) is 6.61 Å². The molecule has 6 nitrogen and oxygen atoms in total. The van der Waals surface area contributed by atoms with E-state index in [1.807, 2.05) is 25.1 Å². The number of amides is 1. The Bertz CT molecular complexity index is 783. The van der Waals surface area contributed by atoms with Gasteiger partial charge >= 0.3 is 0 Å². The highest BCUT2D eigenvalue weighted by Gasteiger charge is 2.29. The molecule has 3 rings (SSSR count). The number of nitrogens with one attached hydrogen (secondary N) is 2. The SMILES string of the molecule is CCCc1n[nH]c(=S)n1CC(=O)N[C@@H](C)[C@@H]1COc2ccccc21. The number of hydrogen-bond acceptors (Lipinski definition) is 4. The van der Waals surface area contributed by atoms with Crippen LogP contribution in [-0.4, -0.2) is 33.3 Å². The molecule has 7 heteroatoms. The molecule has 0 unspecified atom stereocenters. The molecular formula is C17H22N4O2S. The second-order valence-corrected chi connectivity index (χ2v) is 6.48. The van der Waals surface area contributed by atoms with E-state index in [1.54, 1.807) is 4.57 Å². The molecule has 0 spiro atoms. The predicted octanol–water partition coefficient (Wildman–Crippen LogP) is 2.57. The van der Waals surface area contributed by atoms with E-state index < -0.39 is 0 Å². The third-order valence-corrected chi connectivity index (χ3v) is 4.65. The standard InChI is InChI=1S/C17H22N4O2S/c1-3-6-15-19-20-17(24)21(15)9-16(22)18-11(2)13-10-23-14-8-5-4-7-12(13)14/h4-5,7-8,11,13H,3,6,9-10H2,1-2H3,(H,18,22)(H,20,24)/t11-,13-/m0/s1. The molecule has 0 fully saturated rings. The van der Waals surface area contributed by atoms with Crippen LogP contribution in [0.5, 0.6) is 5.75 Å². The van der Waals surface area contributed by atoms with Gasteiger partial charge in [0.05, 0.1) is 6.61 Å². The van der Waals surface area contributed by atoms with Crippen LogP contribution in [0.25, 0.3) is 0 Å². The average molecular weight is 346 g/mol. The largest absolute Gasteiger partial charge is 0.493 e. The summed E-state index contributed by atoms with van der Waals surface area (Å²) in [6.45, 7) is 4.86. The normalized spacial score (nSPS) is 17.2. The minimum Gasteiger partial charge on any atom is -0.493 e. The van der Waals surface area contributed by atoms with Gasteiger partial charge in [0.1, 0.15) is 18.1 Å². The molecule has 1 aromatic carbocycles. The van der Waals surface area contributed by atoms with Gasteiger partial charge in [-0.2, -0.15) is 5.10 Å². The number of aryl methyl sites for hydroxylation is 1. The van der Waals surface area contributed by atoms with E-state index in [-0.39, 0.29) is 24.4 Å². The lowest BCUT2D eigenvalue weighted by atomic mass is 9.94. The van der Waals surface area contributed by atoms with Crippen LogP contribution in [-0.2, 0) is 17.8 Å². The topological polar surface area (TPSA) is 71.9 Å². The van der Waals surface area contributed by atoms with Gasteiger partial charge < -0.3 is 10.1 Å². The number of benzene rings is 1. The number of H-pyrrole nitrogens is 1. The fourth-order valence-corrected chi connectivity index (χ4v) is 3.29. The first-order valence-electron chi connectivity index (χ1n) is 8.25. The number of hydrogen-bond donors (Lipinski definition) is 2. The van der Waals surface area contributed by atoms with Crippen molar-refractivity contribution in [3.63, 3.8) is 0 Å². The maximum Gasteiger partial charge on any atom is 0.240 e. The van der Waals surface area contributed by atoms with Gasteiger partial charge in [-0.25, -0.2) is 0 Å². The van der Waals surface area contributed by atoms with Gasteiger partial charge in [-0.15, -0.1) is 0 Å². The average Bonchev–Trinajstić information content (AvgIpc) is 3.13. The molecule has 0 saturated heterocycles. The number of fused-ring (bicyclic) bond motifs is 1. The second-order valence-electron chi connectivity index (χ2n) is 6.09. The highest BCUT2D eigenvalue weighted by molar-refractivity contribution is 7.71. The summed E-state index contributed by atoms with van der Waals surface area (Å²) in [5.74, 6) is 1.82. The van der Waals surface area contributed by atoms with E-state index >= 15 is 0 Å². The van der Waals surface area contributed by atoms with Crippen LogP contribution in [0.15, 0.2) is 24.3 Å². The Labute approximate surface area is 146 Å². The van der Waals surface area contributed by atoms with E-state index in [0.29, 0.717) is 11.4 Å². The summed E-state index contributed by atoms with van der Waals surface area (Å²) in [4.78, 5) is 12.4. The van der Waals surface area contributed by atoms with Crippen molar-refractivity contribution in [3.05, 3.63) is 40.4 Å². The molecule has 0 bridgehead atoms. The Kier molecular flexibility index (Phi) is 4.99. The predicted molar refractivity (Wildman–Crippen MR) is 93.7 cm³/mol. The molecule has 24 heavy (non-hydrogen) atoms. The first-order valence-corrected chi connectivity index (χ1v) is 8.66. The Morgan fingerprint density at radius 1 is 1.54 bits per heavy atom. The van der Waals surface area contributed by atoms with E-state index in [1.165, 1.54) is 0 Å². The molecular weight excluding hydrogens is 324 g/mol. The van der Waals surface area contributed by atoms with E-state index in [9.17, 15) is 4.79 Å². The molecule has 0 radical (unpaired) electrons. The minimum absolute atomic E-state index is 0.0168. The fourth-order valence-electron chi connectivity index (χ4n) is 3.07. The highest BCUT2D eigenvalue weighted by Crippen LogP contribution is 2.35. The van der Waals surface area contributed by atoms with Crippen LogP contribution in [0.2, 0.25) is 0 Å². The van der Waals surface area contributed by atoms with Crippen LogP contribution in [0, 0.1) is 4.77 Å². The summed E-state index contributed by atoms with van der Waals surface area (Å²) in [5, 5.41) is 10.0. The maximum absolute atomic E-state index is 12.4. The lowest BCUT2D eigenvalue weighted by Crippen LogP contribution is -2.39. The lowest BCUT2D eigenvalue weighted by molar-refractivity contribution is -0.122. The number of aromatic amines is 1. The number of carbonyl (C=O) groups excluding carboxylic acids is 1. The zero-order chi connectivity index (χ0) is 17.1. The van der Waals surface area contributed by atoms with Crippen molar-refractivity contribution in [2.45, 2.75) is 45.2 Å². The van der Waals surface area contributed by atoms with Crippen LogP contribution in [0.3, 0.4) is 0 Å². The summed E-state index contributed by atoms with van der Waals surface area (Å²) in [6.07, 6.45) is 1.74. The van der Waals surface area contributed by atoms with Crippen LogP contribution in [0.1, 0.15) is 37.6 Å². The summed E-state index contributed by atoms with van der Waals surface area (Å²) in [5.41, 5.74) is 1.15. The van der Waals surface area contributed by atoms with Gasteiger partial charge in [0, 0.05) is 23.9 Å². The van der Waals surface area contributed by atoms with Crippen LogP contribution >= 0.6 is 12.2 Å². The third kappa shape index (κ3) is 3.36. The van der Waals surface area contributed by atoms with Gasteiger partial charge in [-0.1, -0.05) is 25.1 Å². The molecule has 128 valence electrons. The summed E-state index contributed by atoms with van der Waals surface area (Å²) < 4.78 is 7.95. The second kappa shape index (κ2) is 7.17. The molecule has 1 aliphatic rings. The summed E-state index contributed by atoms with van der Waals surface area (Å²) in [7, 11) is 0. The zero-order valence-electron chi connectivity index (χ0n) is 13.9. The lowest BCUT2D eigenvalue weighted by Gasteiger charge is -2.20. The molecule has 2 atom stereocenters. The van der Waals surface area contributed by atoms with Crippen LogP contribution < -0.4 is 10.1 Å². The molecule has 1 amide bonds. The molecule has 1 aliphatic heterocycles. The summed E-state index contributed by atoms with van der Waals surface area (Å²) in [6, 6.07) is 7.96. The fraction of sp³-hybridized carbons (Fsp3) is 0.471. The first kappa shape index (κ1) is 16.7. The Balaban J connectivity index is 1.66. The van der Waals surface area contributed by atoms with Crippen molar-refractivity contribution in [1.82, 2.24) is 20.1 Å². The van der Waals surface area contributed by atoms with Crippen molar-refractivity contribution >= 4 is 18.1 Å². The Morgan fingerprint density at radius 3 is 3.12 bits per heavy atom. The van der Waals surface area contributed by atoms with Gasteiger partial charge in [0.2, 0.25) is 5.91 Å². The number of aromatic nitrogens is 3. The molecule has 2 aromatic rings. The number of ether oxygens (including phenoxy) is 1. The number of para-hydroxylation sites is 1. The first-order chi connectivity index (χ1) is 11.6. The number of nitrogens with zero attached hydrogens (tertiary/aromatic N) is 2. The minimum atomic E-state index is -0.0678. The van der Waals surface area contributed by atoms with Crippen LogP contribution in [0.4, 0.5) is 0 Å². The summed E-state index contributed by atoms with van der Waals surface area (Å²) >= 11 is 5.22. The van der Waals surface area contributed by atoms with Crippen molar-refractivity contribution in [1.29, 1.82) is 0 Å².